The van der Waals surface area contributed by atoms with E-state index in [4.69, 9.17) is 9.47 Å². The number of hydrogen-bond acceptors (Lipinski definition) is 4. The van der Waals surface area contributed by atoms with Crippen molar-refractivity contribution in [2.24, 2.45) is 4.99 Å². The molecule has 0 atom stereocenters. The quantitative estimate of drug-likeness (QED) is 0.608. The third-order valence-corrected chi connectivity index (χ3v) is 1.87. The largest absolute Gasteiger partial charge is 0.494 e. The van der Waals surface area contributed by atoms with E-state index in [0.717, 1.165) is 5.75 Å². The molecule has 0 bridgehead atoms. The van der Waals surface area contributed by atoms with E-state index in [1.165, 1.54) is 6.21 Å². The Bertz CT molecular complexity index is 416. The normalized spacial score (nSPS) is 11.6. The van der Waals surface area contributed by atoms with E-state index in [9.17, 15) is 4.79 Å². The molecule has 0 aromatic heterocycles. The summed E-state index contributed by atoms with van der Waals surface area (Å²) < 4.78 is 10.4. The van der Waals surface area contributed by atoms with Gasteiger partial charge in [0.15, 0.2) is 0 Å². The highest BCUT2D eigenvalue weighted by atomic mass is 16.6. The Labute approximate surface area is 108 Å². The summed E-state index contributed by atoms with van der Waals surface area (Å²) in [5.41, 5.74) is 0.186. The van der Waals surface area contributed by atoms with Gasteiger partial charge in [-0.15, -0.1) is 0 Å². The standard InChI is InChI=1S/C14H19NO3/c1-5-17-12-8-6-11(7-9-12)15-10-13(16)18-14(2,3)4/h6-10H,5H2,1-4H3. The summed E-state index contributed by atoms with van der Waals surface area (Å²) >= 11 is 0. The van der Waals surface area contributed by atoms with Crippen LogP contribution in [0.4, 0.5) is 5.69 Å². The summed E-state index contributed by atoms with van der Waals surface area (Å²) in [5, 5.41) is 0. The Morgan fingerprint density at radius 3 is 2.39 bits per heavy atom. The number of benzene rings is 1. The van der Waals surface area contributed by atoms with Gasteiger partial charge in [0.1, 0.15) is 17.6 Å². The van der Waals surface area contributed by atoms with Crippen LogP contribution in [-0.2, 0) is 9.53 Å². The van der Waals surface area contributed by atoms with Gasteiger partial charge < -0.3 is 9.47 Å². The molecular weight excluding hydrogens is 230 g/mol. The third kappa shape index (κ3) is 5.48. The Kier molecular flexibility index (Phi) is 4.89. The van der Waals surface area contributed by atoms with Crippen molar-refractivity contribution in [1.82, 2.24) is 0 Å². The number of esters is 1. The Balaban J connectivity index is 2.59. The van der Waals surface area contributed by atoms with Crippen molar-refractivity contribution in [1.29, 1.82) is 0 Å². The topological polar surface area (TPSA) is 47.9 Å². The summed E-state index contributed by atoms with van der Waals surface area (Å²) in [6.45, 7) is 8.00. The first-order valence-corrected chi connectivity index (χ1v) is 5.90. The molecule has 0 aliphatic heterocycles. The number of carbonyl (C=O) groups excluding carboxylic acids is 1. The number of carbonyl (C=O) groups is 1. The lowest BCUT2D eigenvalue weighted by atomic mass is 10.2. The van der Waals surface area contributed by atoms with E-state index in [2.05, 4.69) is 4.99 Å². The van der Waals surface area contributed by atoms with Crippen LogP contribution in [0.2, 0.25) is 0 Å². The molecule has 0 aliphatic rings. The summed E-state index contributed by atoms with van der Waals surface area (Å²) in [7, 11) is 0. The van der Waals surface area contributed by atoms with Crippen molar-refractivity contribution in [3.05, 3.63) is 24.3 Å². The summed E-state index contributed by atoms with van der Waals surface area (Å²) in [5.74, 6) is 0.338. The van der Waals surface area contributed by atoms with Crippen molar-refractivity contribution in [3.8, 4) is 5.75 Å². The Morgan fingerprint density at radius 1 is 1.28 bits per heavy atom. The SMILES string of the molecule is CCOc1ccc(N=CC(=O)OC(C)(C)C)cc1. The average molecular weight is 249 g/mol. The zero-order chi connectivity index (χ0) is 13.6. The van der Waals surface area contributed by atoms with Crippen LogP contribution in [0.5, 0.6) is 5.75 Å². The first-order chi connectivity index (χ1) is 8.40. The van der Waals surface area contributed by atoms with Gasteiger partial charge >= 0.3 is 5.97 Å². The van der Waals surface area contributed by atoms with Crippen LogP contribution >= 0.6 is 0 Å². The lowest BCUT2D eigenvalue weighted by molar-refractivity contribution is -0.145. The van der Waals surface area contributed by atoms with Crippen LogP contribution in [0.1, 0.15) is 27.7 Å². The van der Waals surface area contributed by atoms with Crippen LogP contribution in [0.3, 0.4) is 0 Å². The molecule has 0 saturated heterocycles. The van der Waals surface area contributed by atoms with Crippen LogP contribution < -0.4 is 4.74 Å². The highest BCUT2D eigenvalue weighted by molar-refractivity contribution is 6.23. The van der Waals surface area contributed by atoms with Crippen LogP contribution in [-0.4, -0.2) is 24.4 Å². The molecule has 1 aromatic rings. The molecule has 0 radical (unpaired) electrons. The zero-order valence-electron chi connectivity index (χ0n) is 11.3. The second-order valence-corrected chi connectivity index (χ2v) is 4.72. The van der Waals surface area contributed by atoms with Gasteiger partial charge in [0.05, 0.1) is 12.3 Å². The minimum atomic E-state index is -0.498. The maximum Gasteiger partial charge on any atom is 0.349 e. The number of aliphatic imine (C=N–C) groups is 1. The smallest absolute Gasteiger partial charge is 0.349 e. The van der Waals surface area contributed by atoms with Crippen LogP contribution in [0, 0.1) is 0 Å². The highest BCUT2D eigenvalue weighted by Gasteiger charge is 2.14. The summed E-state index contributed by atoms with van der Waals surface area (Å²) in [6.07, 6.45) is 1.18. The predicted octanol–water partition coefficient (Wildman–Crippen LogP) is 3.13. The summed E-state index contributed by atoms with van der Waals surface area (Å²) in [6, 6.07) is 7.19. The van der Waals surface area contributed by atoms with Gasteiger partial charge in [-0.1, -0.05) is 0 Å². The molecule has 18 heavy (non-hydrogen) atoms. The molecule has 0 unspecified atom stereocenters. The fraction of sp³-hybridized carbons (Fsp3) is 0.429. The van der Waals surface area contributed by atoms with Gasteiger partial charge in [-0.05, 0) is 52.0 Å². The molecule has 0 saturated carbocycles. The van der Waals surface area contributed by atoms with Crippen molar-refractivity contribution in [3.63, 3.8) is 0 Å². The second-order valence-electron chi connectivity index (χ2n) is 4.72. The van der Waals surface area contributed by atoms with Crippen molar-refractivity contribution in [2.45, 2.75) is 33.3 Å². The molecule has 0 N–H and O–H groups in total. The molecule has 98 valence electrons. The number of hydrogen-bond donors (Lipinski definition) is 0. The van der Waals surface area contributed by atoms with Crippen molar-refractivity contribution >= 4 is 17.9 Å². The first kappa shape index (κ1) is 14.2. The molecule has 4 nitrogen and oxygen atoms in total. The zero-order valence-corrected chi connectivity index (χ0v) is 11.3. The lowest BCUT2D eigenvalue weighted by Gasteiger charge is -2.17. The Hall–Kier alpha value is -1.84. The van der Waals surface area contributed by atoms with Gasteiger partial charge in [-0.3, -0.25) is 0 Å². The van der Waals surface area contributed by atoms with Gasteiger partial charge in [0.25, 0.3) is 0 Å². The molecule has 0 amide bonds. The van der Waals surface area contributed by atoms with E-state index in [-0.39, 0.29) is 0 Å². The van der Waals surface area contributed by atoms with Crippen molar-refractivity contribution in [2.75, 3.05) is 6.61 Å². The van der Waals surface area contributed by atoms with E-state index in [1.54, 1.807) is 12.1 Å². The van der Waals surface area contributed by atoms with E-state index < -0.39 is 11.6 Å². The van der Waals surface area contributed by atoms with Crippen LogP contribution in [0.15, 0.2) is 29.3 Å². The van der Waals surface area contributed by atoms with Gasteiger partial charge in [0.2, 0.25) is 0 Å². The maximum atomic E-state index is 11.4. The predicted molar refractivity (Wildman–Crippen MR) is 71.6 cm³/mol. The minimum Gasteiger partial charge on any atom is -0.494 e. The molecule has 0 heterocycles. The van der Waals surface area contributed by atoms with Crippen LogP contribution in [0.25, 0.3) is 0 Å². The van der Waals surface area contributed by atoms with Gasteiger partial charge in [-0.2, -0.15) is 0 Å². The van der Waals surface area contributed by atoms with E-state index >= 15 is 0 Å². The first-order valence-electron chi connectivity index (χ1n) is 5.90. The molecule has 0 fully saturated rings. The monoisotopic (exact) mass is 249 g/mol. The maximum absolute atomic E-state index is 11.4. The second kappa shape index (κ2) is 6.19. The Morgan fingerprint density at radius 2 is 1.89 bits per heavy atom. The summed E-state index contributed by atoms with van der Waals surface area (Å²) in [4.78, 5) is 15.4. The van der Waals surface area contributed by atoms with Gasteiger partial charge in [0, 0.05) is 0 Å². The van der Waals surface area contributed by atoms with E-state index in [0.29, 0.717) is 12.3 Å². The number of ether oxygens (including phenoxy) is 2. The molecule has 0 spiro atoms. The highest BCUT2D eigenvalue weighted by Crippen LogP contribution is 2.17. The lowest BCUT2D eigenvalue weighted by Crippen LogP contribution is -2.24. The molecule has 1 rings (SSSR count). The fourth-order valence-corrected chi connectivity index (χ4v) is 1.25. The molecule has 0 aliphatic carbocycles. The average Bonchev–Trinajstić information content (AvgIpc) is 2.26. The van der Waals surface area contributed by atoms with Crippen molar-refractivity contribution < 1.29 is 14.3 Å². The molecule has 4 heteroatoms. The van der Waals surface area contributed by atoms with Gasteiger partial charge in [-0.25, -0.2) is 9.79 Å². The fourth-order valence-electron chi connectivity index (χ4n) is 1.25. The van der Waals surface area contributed by atoms with E-state index in [1.807, 2.05) is 39.8 Å². The minimum absolute atomic E-state index is 0.448. The third-order valence-electron chi connectivity index (χ3n) is 1.87. The number of nitrogens with zero attached hydrogens (tertiary/aromatic N) is 1. The molecular formula is C14H19NO3. The molecule has 1 aromatic carbocycles. The number of rotatable bonds is 4.